The Bertz CT molecular complexity index is 1570. The van der Waals surface area contributed by atoms with Gasteiger partial charge in [-0.15, -0.1) is 11.3 Å². The number of nitrogens with zero attached hydrogens (tertiary/aromatic N) is 2. The van der Waals surface area contributed by atoms with Crippen LogP contribution >= 0.6 is 11.3 Å². The Hall–Kier alpha value is -4.38. The van der Waals surface area contributed by atoms with Gasteiger partial charge in [-0.25, -0.2) is 9.36 Å². The molecule has 0 radical (unpaired) electrons. The van der Waals surface area contributed by atoms with E-state index in [2.05, 4.69) is 10.6 Å². The molecule has 2 aromatic heterocycles. The van der Waals surface area contributed by atoms with Crippen molar-refractivity contribution < 1.29 is 19.1 Å². The zero-order chi connectivity index (χ0) is 26.5. The molecule has 2 amide bonds. The van der Waals surface area contributed by atoms with Crippen LogP contribution in [0.5, 0.6) is 11.5 Å². The van der Waals surface area contributed by atoms with Crippen molar-refractivity contribution in [1.29, 1.82) is 0 Å². The minimum atomic E-state index is -0.752. The van der Waals surface area contributed by atoms with Crippen LogP contribution in [-0.2, 0) is 29.2 Å². The van der Waals surface area contributed by atoms with Crippen LogP contribution in [0.25, 0.3) is 10.2 Å². The molecule has 0 aliphatic carbocycles. The van der Waals surface area contributed by atoms with Crippen LogP contribution in [0.2, 0.25) is 0 Å². The van der Waals surface area contributed by atoms with Crippen molar-refractivity contribution >= 4 is 39.1 Å². The SMILES string of the molecule is COc1ccc(NC(=O)Cn2c(=O)n(CC(=O)NCc3ccc(C)cc3)c(=O)c3sccc32)c(OC)c1. The van der Waals surface area contributed by atoms with E-state index in [1.165, 1.54) is 18.8 Å². The van der Waals surface area contributed by atoms with Crippen molar-refractivity contribution in [1.82, 2.24) is 14.5 Å². The normalized spacial score (nSPS) is 10.8. The van der Waals surface area contributed by atoms with Gasteiger partial charge in [0.15, 0.2) is 0 Å². The lowest BCUT2D eigenvalue weighted by molar-refractivity contribution is -0.122. The average molecular weight is 523 g/mol. The highest BCUT2D eigenvalue weighted by atomic mass is 32.1. The van der Waals surface area contributed by atoms with E-state index in [4.69, 9.17) is 9.47 Å². The summed E-state index contributed by atoms with van der Waals surface area (Å²) in [4.78, 5) is 51.8. The molecule has 37 heavy (non-hydrogen) atoms. The Morgan fingerprint density at radius 1 is 0.919 bits per heavy atom. The van der Waals surface area contributed by atoms with Gasteiger partial charge in [-0.05, 0) is 36.1 Å². The van der Waals surface area contributed by atoms with Gasteiger partial charge in [0, 0.05) is 12.6 Å². The Morgan fingerprint density at radius 2 is 1.65 bits per heavy atom. The number of rotatable bonds is 9. The van der Waals surface area contributed by atoms with E-state index >= 15 is 0 Å². The molecule has 4 rings (SSSR count). The zero-order valence-corrected chi connectivity index (χ0v) is 21.4. The number of hydrogen-bond acceptors (Lipinski definition) is 7. The number of aryl methyl sites for hydroxylation is 1. The number of ether oxygens (including phenoxy) is 2. The van der Waals surface area contributed by atoms with Crippen LogP contribution < -0.4 is 31.4 Å². The second-order valence-electron chi connectivity index (χ2n) is 8.27. The highest BCUT2D eigenvalue weighted by Crippen LogP contribution is 2.29. The predicted octanol–water partition coefficient (Wildman–Crippen LogP) is 2.51. The van der Waals surface area contributed by atoms with Gasteiger partial charge < -0.3 is 20.1 Å². The third-order valence-electron chi connectivity index (χ3n) is 5.73. The van der Waals surface area contributed by atoms with Crippen LogP contribution in [0, 0.1) is 6.92 Å². The third-order valence-corrected chi connectivity index (χ3v) is 6.62. The van der Waals surface area contributed by atoms with Crippen molar-refractivity contribution in [2.75, 3.05) is 19.5 Å². The maximum absolute atomic E-state index is 13.3. The van der Waals surface area contributed by atoms with Crippen molar-refractivity contribution in [3.05, 3.63) is 85.9 Å². The molecular formula is C26H26N4O6S. The van der Waals surface area contributed by atoms with E-state index in [1.54, 1.807) is 29.6 Å². The van der Waals surface area contributed by atoms with E-state index in [-0.39, 0.29) is 17.8 Å². The lowest BCUT2D eigenvalue weighted by atomic mass is 10.1. The molecule has 2 heterocycles. The molecule has 0 aliphatic heterocycles. The number of amides is 2. The van der Waals surface area contributed by atoms with Gasteiger partial charge in [-0.1, -0.05) is 29.8 Å². The molecule has 0 bridgehead atoms. The van der Waals surface area contributed by atoms with Gasteiger partial charge in [-0.2, -0.15) is 0 Å². The molecule has 2 aromatic carbocycles. The molecule has 192 valence electrons. The molecular weight excluding hydrogens is 496 g/mol. The highest BCUT2D eigenvalue weighted by molar-refractivity contribution is 7.17. The van der Waals surface area contributed by atoms with Crippen LogP contribution in [0.15, 0.2) is 63.5 Å². The van der Waals surface area contributed by atoms with Crippen LogP contribution in [0.1, 0.15) is 11.1 Å². The molecule has 11 heteroatoms. The summed E-state index contributed by atoms with van der Waals surface area (Å²) in [5, 5.41) is 7.11. The summed E-state index contributed by atoms with van der Waals surface area (Å²) in [5.41, 5.74) is 1.39. The standard InChI is InChI=1S/C26H26N4O6S/c1-16-4-6-17(7-5-16)13-27-22(31)14-30-25(33)24-20(10-11-37-24)29(26(30)34)15-23(32)28-19-9-8-18(35-2)12-21(19)36-3/h4-12H,13-15H2,1-3H3,(H,27,31)(H,28,32). The molecule has 4 aromatic rings. The smallest absolute Gasteiger partial charge is 0.332 e. The second kappa shape index (κ2) is 11.1. The van der Waals surface area contributed by atoms with E-state index in [0.29, 0.717) is 22.7 Å². The molecule has 0 aliphatic rings. The molecule has 0 atom stereocenters. The molecule has 0 saturated heterocycles. The van der Waals surface area contributed by atoms with Crippen LogP contribution in [0.3, 0.4) is 0 Å². The number of anilines is 1. The Labute approximate surface area is 216 Å². The minimum Gasteiger partial charge on any atom is -0.497 e. The van der Waals surface area contributed by atoms with Crippen molar-refractivity contribution in [3.63, 3.8) is 0 Å². The maximum Gasteiger partial charge on any atom is 0.332 e. The number of aromatic nitrogens is 2. The fraction of sp³-hybridized carbons (Fsp3) is 0.231. The van der Waals surface area contributed by atoms with Crippen molar-refractivity contribution in [3.8, 4) is 11.5 Å². The van der Waals surface area contributed by atoms with Gasteiger partial charge in [-0.3, -0.25) is 19.0 Å². The van der Waals surface area contributed by atoms with Gasteiger partial charge in [0.25, 0.3) is 5.56 Å². The lowest BCUT2D eigenvalue weighted by Gasteiger charge is -2.14. The van der Waals surface area contributed by atoms with E-state index < -0.39 is 29.6 Å². The number of hydrogen-bond donors (Lipinski definition) is 2. The molecule has 10 nitrogen and oxygen atoms in total. The lowest BCUT2D eigenvalue weighted by Crippen LogP contribution is -2.44. The Kier molecular flexibility index (Phi) is 7.73. The molecule has 2 N–H and O–H groups in total. The summed E-state index contributed by atoms with van der Waals surface area (Å²) in [5.74, 6) is -0.0588. The quantitative estimate of drug-likeness (QED) is 0.349. The maximum atomic E-state index is 13.3. The number of benzene rings is 2. The summed E-state index contributed by atoms with van der Waals surface area (Å²) < 4.78 is 12.8. The Balaban J connectivity index is 1.56. The van der Waals surface area contributed by atoms with Gasteiger partial charge >= 0.3 is 5.69 Å². The summed E-state index contributed by atoms with van der Waals surface area (Å²) >= 11 is 1.14. The van der Waals surface area contributed by atoms with Crippen molar-refractivity contribution in [2.45, 2.75) is 26.6 Å². The first-order chi connectivity index (χ1) is 17.8. The summed E-state index contributed by atoms with van der Waals surface area (Å²) in [6, 6.07) is 14.2. The minimum absolute atomic E-state index is 0.259. The van der Waals surface area contributed by atoms with Crippen LogP contribution in [-0.4, -0.2) is 35.2 Å². The third kappa shape index (κ3) is 5.72. The first kappa shape index (κ1) is 25.7. The highest BCUT2D eigenvalue weighted by Gasteiger charge is 2.19. The number of methoxy groups -OCH3 is 2. The number of carbonyl (C=O) groups excluding carboxylic acids is 2. The largest absolute Gasteiger partial charge is 0.497 e. The number of fused-ring (bicyclic) bond motifs is 1. The topological polar surface area (TPSA) is 121 Å². The second-order valence-corrected chi connectivity index (χ2v) is 9.19. The van der Waals surface area contributed by atoms with Gasteiger partial charge in [0.1, 0.15) is 29.3 Å². The Morgan fingerprint density at radius 3 is 2.35 bits per heavy atom. The fourth-order valence-corrected chi connectivity index (χ4v) is 4.61. The van der Waals surface area contributed by atoms with Crippen molar-refractivity contribution in [2.24, 2.45) is 0 Å². The monoisotopic (exact) mass is 522 g/mol. The number of nitrogens with one attached hydrogen (secondary N) is 2. The predicted molar refractivity (Wildman–Crippen MR) is 142 cm³/mol. The van der Waals surface area contributed by atoms with E-state index in [1.807, 2.05) is 31.2 Å². The molecule has 0 spiro atoms. The molecule has 0 fully saturated rings. The van der Waals surface area contributed by atoms with E-state index in [9.17, 15) is 19.2 Å². The number of carbonyl (C=O) groups is 2. The van der Waals surface area contributed by atoms with Gasteiger partial charge in [0.2, 0.25) is 11.8 Å². The fourth-order valence-electron chi connectivity index (χ4n) is 3.77. The van der Waals surface area contributed by atoms with E-state index in [0.717, 1.165) is 27.0 Å². The average Bonchev–Trinajstić information content (AvgIpc) is 3.39. The summed E-state index contributed by atoms with van der Waals surface area (Å²) in [7, 11) is 2.98. The summed E-state index contributed by atoms with van der Waals surface area (Å²) in [6.45, 7) is 1.39. The first-order valence-electron chi connectivity index (χ1n) is 11.4. The zero-order valence-electron chi connectivity index (χ0n) is 20.6. The first-order valence-corrected chi connectivity index (χ1v) is 12.2. The van der Waals surface area contributed by atoms with Gasteiger partial charge in [0.05, 0.1) is 25.4 Å². The van der Waals surface area contributed by atoms with Crippen LogP contribution in [0.4, 0.5) is 5.69 Å². The number of thiophene rings is 1. The summed E-state index contributed by atoms with van der Waals surface area (Å²) in [6.07, 6.45) is 0. The molecule has 0 saturated carbocycles. The molecule has 0 unspecified atom stereocenters.